The second-order valence-electron chi connectivity index (χ2n) is 14.5. The summed E-state index contributed by atoms with van der Waals surface area (Å²) in [6.45, 7) is 18.1. The number of carbonyl (C=O) groups excluding carboxylic acids is 1. The normalized spacial score (nSPS) is 39.9. The van der Waals surface area contributed by atoms with Crippen LogP contribution in [0.5, 0.6) is 0 Å². The first-order valence-electron chi connectivity index (χ1n) is 15.4. The molecule has 0 aromatic carbocycles. The number of allylic oxidation sites excluding steroid dienone is 1. The summed E-state index contributed by atoms with van der Waals surface area (Å²) >= 11 is 0. The molecule has 4 aliphatic carbocycles. The van der Waals surface area contributed by atoms with Crippen LogP contribution in [-0.2, 0) is 9.53 Å². The van der Waals surface area contributed by atoms with Gasteiger partial charge in [0.15, 0.2) is 5.78 Å². The van der Waals surface area contributed by atoms with E-state index in [1.807, 2.05) is 0 Å². The van der Waals surface area contributed by atoms with Crippen LogP contribution in [0.2, 0.25) is 0 Å². The summed E-state index contributed by atoms with van der Waals surface area (Å²) < 4.78 is 7.20. The number of ketones is 1. The quantitative estimate of drug-likeness (QED) is 0.289. The van der Waals surface area contributed by atoms with Gasteiger partial charge in [0.25, 0.3) is 0 Å². The summed E-state index contributed by atoms with van der Waals surface area (Å²) in [6.07, 6.45) is 18.1. The van der Waals surface area contributed by atoms with Crippen molar-refractivity contribution >= 4 is 5.78 Å². The van der Waals surface area contributed by atoms with E-state index in [9.17, 15) is 4.79 Å². The summed E-state index contributed by atoms with van der Waals surface area (Å²) in [5.74, 6) is 4.92. The van der Waals surface area contributed by atoms with E-state index in [4.69, 9.17) is 4.74 Å². The van der Waals surface area contributed by atoms with Crippen LogP contribution in [-0.4, -0.2) is 18.0 Å². The van der Waals surface area contributed by atoms with Crippen molar-refractivity contribution < 1.29 is 9.53 Å². The minimum absolute atomic E-state index is 0.0517. The first kappa shape index (κ1) is 27.4. The third-order valence-electron chi connectivity index (χ3n) is 11.6. The number of rotatable bonds is 10. The topological polar surface area (TPSA) is 26.3 Å². The summed E-state index contributed by atoms with van der Waals surface area (Å²) in [5, 5.41) is 0. The van der Waals surface area contributed by atoms with Gasteiger partial charge in [-0.1, -0.05) is 66.9 Å². The number of fused-ring (bicyclic) bond motifs is 5. The SMILES string of the molecule is CC(C)CCCO[C@@]1([C@H](C)CCCC(C)C)CC[C@H]2[C@@H]3CCC4=CC(=O)CC[C@]4(C)[C@H]3CC[C@@]21C. The molecule has 2 heteroatoms. The molecule has 0 radical (unpaired) electrons. The number of carbonyl (C=O) groups is 1. The molecule has 0 aromatic heterocycles. The number of ether oxygens (including phenoxy) is 1. The third-order valence-corrected chi connectivity index (χ3v) is 11.6. The van der Waals surface area contributed by atoms with Crippen molar-refractivity contribution in [3.05, 3.63) is 11.6 Å². The molecule has 4 rings (SSSR count). The lowest BCUT2D eigenvalue weighted by Crippen LogP contribution is -2.58. The highest BCUT2D eigenvalue weighted by atomic mass is 16.5. The lowest BCUT2D eigenvalue weighted by molar-refractivity contribution is -0.186. The Bertz CT molecular complexity index is 780. The Morgan fingerprint density at radius 3 is 2.26 bits per heavy atom. The van der Waals surface area contributed by atoms with Gasteiger partial charge in [-0.25, -0.2) is 0 Å². The summed E-state index contributed by atoms with van der Waals surface area (Å²) in [6, 6.07) is 0. The maximum atomic E-state index is 12.2. The molecular formula is C33H56O2. The molecule has 7 atom stereocenters. The van der Waals surface area contributed by atoms with Crippen molar-refractivity contribution in [2.75, 3.05) is 6.61 Å². The van der Waals surface area contributed by atoms with Gasteiger partial charge in [-0.15, -0.1) is 0 Å². The first-order chi connectivity index (χ1) is 16.5. The number of hydrogen-bond donors (Lipinski definition) is 0. The van der Waals surface area contributed by atoms with Gasteiger partial charge < -0.3 is 4.74 Å². The van der Waals surface area contributed by atoms with Gasteiger partial charge in [-0.2, -0.15) is 0 Å². The standard InChI is InChI=1S/C33H56O2/c1-23(2)10-8-12-25(5)33(35-21-9-11-24(3)4)20-17-30-28-14-13-26-22-27(34)15-18-31(26,6)29(28)16-19-32(30,33)7/h22-25,28-30H,8-21H2,1-7H3/t25-,28-,29+,30+,31+,32+,33-/m1/s1. The molecule has 0 heterocycles. The lowest BCUT2D eigenvalue weighted by Gasteiger charge is -2.60. The van der Waals surface area contributed by atoms with Crippen molar-refractivity contribution in [1.82, 2.24) is 0 Å². The Morgan fingerprint density at radius 2 is 1.54 bits per heavy atom. The fraction of sp³-hybridized carbons (Fsp3) is 0.909. The Kier molecular flexibility index (Phi) is 8.32. The Morgan fingerprint density at radius 1 is 0.857 bits per heavy atom. The van der Waals surface area contributed by atoms with E-state index in [0.717, 1.165) is 55.5 Å². The van der Waals surface area contributed by atoms with Crippen LogP contribution in [0, 0.1) is 46.3 Å². The zero-order valence-electron chi connectivity index (χ0n) is 24.3. The fourth-order valence-electron chi connectivity index (χ4n) is 9.59. The Labute approximate surface area is 217 Å². The minimum Gasteiger partial charge on any atom is -0.374 e. The summed E-state index contributed by atoms with van der Waals surface area (Å²) in [7, 11) is 0. The Hall–Kier alpha value is -0.630. The average Bonchev–Trinajstić information content (AvgIpc) is 3.10. The van der Waals surface area contributed by atoms with Gasteiger partial charge in [0.1, 0.15) is 0 Å². The highest BCUT2D eigenvalue weighted by Gasteiger charge is 2.66. The molecule has 3 fully saturated rings. The van der Waals surface area contributed by atoms with Crippen LogP contribution >= 0.6 is 0 Å². The zero-order valence-corrected chi connectivity index (χ0v) is 24.3. The first-order valence-corrected chi connectivity index (χ1v) is 15.4. The molecule has 0 amide bonds. The molecule has 3 saturated carbocycles. The molecule has 35 heavy (non-hydrogen) atoms. The summed E-state index contributed by atoms with van der Waals surface area (Å²) in [4.78, 5) is 12.2. The van der Waals surface area contributed by atoms with Crippen molar-refractivity contribution in [3.63, 3.8) is 0 Å². The second kappa shape index (κ2) is 10.6. The van der Waals surface area contributed by atoms with Crippen molar-refractivity contribution in [2.45, 2.75) is 138 Å². The molecule has 0 aliphatic heterocycles. The van der Waals surface area contributed by atoms with Gasteiger partial charge >= 0.3 is 0 Å². The van der Waals surface area contributed by atoms with Crippen molar-refractivity contribution in [2.24, 2.45) is 46.3 Å². The molecule has 0 bridgehead atoms. The zero-order chi connectivity index (χ0) is 25.4. The Balaban J connectivity index is 1.57. The predicted octanol–water partition coefficient (Wildman–Crippen LogP) is 9.17. The van der Waals surface area contributed by atoms with Gasteiger partial charge in [0.05, 0.1) is 5.60 Å². The molecule has 200 valence electrons. The highest BCUT2D eigenvalue weighted by Crippen LogP contribution is 2.69. The molecular weight excluding hydrogens is 428 g/mol. The van der Waals surface area contributed by atoms with Crippen LogP contribution in [0.3, 0.4) is 0 Å². The van der Waals surface area contributed by atoms with Gasteiger partial charge in [0, 0.05) is 13.0 Å². The number of hydrogen-bond acceptors (Lipinski definition) is 2. The second-order valence-corrected chi connectivity index (χ2v) is 14.5. The highest BCUT2D eigenvalue weighted by molar-refractivity contribution is 5.91. The predicted molar refractivity (Wildman–Crippen MR) is 147 cm³/mol. The monoisotopic (exact) mass is 484 g/mol. The molecule has 0 N–H and O–H groups in total. The van der Waals surface area contributed by atoms with Crippen LogP contribution in [0.4, 0.5) is 0 Å². The molecule has 2 nitrogen and oxygen atoms in total. The lowest BCUT2D eigenvalue weighted by atomic mass is 9.45. The van der Waals surface area contributed by atoms with Crippen LogP contribution < -0.4 is 0 Å². The van der Waals surface area contributed by atoms with E-state index < -0.39 is 0 Å². The largest absolute Gasteiger partial charge is 0.374 e. The van der Waals surface area contributed by atoms with E-state index >= 15 is 0 Å². The van der Waals surface area contributed by atoms with E-state index in [0.29, 0.717) is 17.1 Å². The maximum Gasteiger partial charge on any atom is 0.155 e. The third kappa shape index (κ3) is 4.96. The smallest absolute Gasteiger partial charge is 0.155 e. The van der Waals surface area contributed by atoms with Gasteiger partial charge in [-0.3, -0.25) is 4.79 Å². The molecule has 4 aliphatic rings. The van der Waals surface area contributed by atoms with Gasteiger partial charge in [-0.05, 0) is 117 Å². The molecule has 0 saturated heterocycles. The van der Waals surface area contributed by atoms with E-state index in [1.54, 1.807) is 0 Å². The average molecular weight is 485 g/mol. The van der Waals surface area contributed by atoms with Crippen LogP contribution in [0.1, 0.15) is 132 Å². The van der Waals surface area contributed by atoms with Crippen LogP contribution in [0.25, 0.3) is 0 Å². The molecule has 0 unspecified atom stereocenters. The maximum absolute atomic E-state index is 12.2. The van der Waals surface area contributed by atoms with Crippen molar-refractivity contribution in [3.8, 4) is 0 Å². The summed E-state index contributed by atoms with van der Waals surface area (Å²) in [5.41, 5.74) is 2.11. The van der Waals surface area contributed by atoms with E-state index in [1.165, 1.54) is 69.8 Å². The molecule has 0 spiro atoms. The van der Waals surface area contributed by atoms with E-state index in [-0.39, 0.29) is 11.0 Å². The van der Waals surface area contributed by atoms with Gasteiger partial charge in [0.2, 0.25) is 0 Å². The minimum atomic E-state index is 0.0517. The van der Waals surface area contributed by atoms with Crippen molar-refractivity contribution in [1.29, 1.82) is 0 Å². The fourth-order valence-corrected chi connectivity index (χ4v) is 9.59. The molecule has 0 aromatic rings. The van der Waals surface area contributed by atoms with Crippen LogP contribution in [0.15, 0.2) is 11.6 Å². The van der Waals surface area contributed by atoms with E-state index in [2.05, 4.69) is 54.5 Å².